The summed E-state index contributed by atoms with van der Waals surface area (Å²) in [5, 5.41) is 46.7. The van der Waals surface area contributed by atoms with Gasteiger partial charge < -0.3 is 54.4 Å². The number of methoxy groups -OCH3 is 3. The van der Waals surface area contributed by atoms with Gasteiger partial charge in [0, 0.05) is 96.9 Å². The van der Waals surface area contributed by atoms with Crippen molar-refractivity contribution in [1.29, 1.82) is 0 Å². The monoisotopic (exact) mass is 966 g/mol. The number of ether oxygens (including phenoxy) is 4. The van der Waals surface area contributed by atoms with Gasteiger partial charge in [-0.3, -0.25) is 19.4 Å². The number of likely N-dealkylation sites (N-methyl/N-ethyl adjacent to an activating group) is 1. The van der Waals surface area contributed by atoms with Gasteiger partial charge >= 0.3 is 29.8 Å². The molecule has 6 aliphatic rings. The zero-order chi connectivity index (χ0) is 50.3. The number of nitrogens with one attached hydrogen (secondary N) is 1. The molecule has 2 saturated heterocycles. The Hall–Kier alpha value is -5.67. The molecule has 18 nitrogen and oxygen atoms in total. The van der Waals surface area contributed by atoms with Gasteiger partial charge in [-0.1, -0.05) is 37.3 Å². The van der Waals surface area contributed by atoms with Gasteiger partial charge in [0.15, 0.2) is 18.3 Å². The van der Waals surface area contributed by atoms with Gasteiger partial charge in [-0.05, 0) is 68.3 Å². The summed E-state index contributed by atoms with van der Waals surface area (Å²) in [6.45, 7) is 6.55. The van der Waals surface area contributed by atoms with Crippen LogP contribution in [0.25, 0.3) is 10.9 Å². The van der Waals surface area contributed by atoms with E-state index in [0.717, 1.165) is 29.0 Å². The number of rotatable bonds is 10. The van der Waals surface area contributed by atoms with Crippen LogP contribution in [0.15, 0.2) is 48.6 Å². The highest BCUT2D eigenvalue weighted by atomic mass is 19.3. The normalized spacial score (nSPS) is 32.9. The lowest BCUT2D eigenvalue weighted by Crippen LogP contribution is -2.81. The van der Waals surface area contributed by atoms with Crippen molar-refractivity contribution in [3.63, 3.8) is 0 Å². The largest absolute Gasteiger partial charge is 0.496 e. The number of carbonyl (C=O) groups excluding carboxylic acids is 3. The highest BCUT2D eigenvalue weighted by Gasteiger charge is 2.80. The highest BCUT2D eigenvalue weighted by molar-refractivity contribution is 5.95. The second kappa shape index (κ2) is 17.6. The second-order valence-electron chi connectivity index (χ2n) is 19.6. The van der Waals surface area contributed by atoms with E-state index in [2.05, 4.69) is 14.8 Å². The summed E-state index contributed by atoms with van der Waals surface area (Å²) in [5.74, 6) is -9.46. The summed E-state index contributed by atoms with van der Waals surface area (Å²) in [4.78, 5) is 72.0. The number of para-hydroxylation sites is 1. The number of aliphatic carboxylic acids is 2. The smallest absolute Gasteiger partial charge is 0.344 e. The van der Waals surface area contributed by atoms with E-state index in [9.17, 15) is 24.3 Å². The van der Waals surface area contributed by atoms with Crippen molar-refractivity contribution in [3.05, 3.63) is 70.9 Å². The third-order valence-corrected chi connectivity index (χ3v) is 16.1. The van der Waals surface area contributed by atoms with Crippen LogP contribution in [0, 0.1) is 17.3 Å². The average molecular weight is 967 g/mol. The number of esters is 3. The van der Waals surface area contributed by atoms with Crippen molar-refractivity contribution in [1.82, 2.24) is 14.8 Å². The molecule has 6 heterocycles. The lowest BCUT2D eigenvalue weighted by atomic mass is 9.47. The number of carbonyl (C=O) groups is 5. The molecule has 2 aromatic carbocycles. The number of benzene rings is 2. The van der Waals surface area contributed by atoms with E-state index < -0.39 is 87.9 Å². The summed E-state index contributed by atoms with van der Waals surface area (Å²) < 4.78 is 54.3. The van der Waals surface area contributed by atoms with E-state index in [0.29, 0.717) is 61.7 Å². The van der Waals surface area contributed by atoms with E-state index in [1.165, 1.54) is 28.3 Å². The van der Waals surface area contributed by atoms with Gasteiger partial charge in [0.1, 0.15) is 11.2 Å². The SMILES string of the molecule is CC[C@]12C=CCN3CC[C@@]4(c5cc([C@@]6(C(=O)OC)CC7CC(C(C)(F)F)CN(Cc8c6[nH]c6ccccc86)C7)c(OC)cc5N(C)[C@H]4[C@@](O)(C(=O)OC)[C@@H]1OC(C)=O)[C@@H]32.O=C(O)C(O)C(O)C(=O)O. The van der Waals surface area contributed by atoms with Gasteiger partial charge in [0.25, 0.3) is 0 Å². The van der Waals surface area contributed by atoms with Crippen molar-refractivity contribution in [3.8, 4) is 5.75 Å². The van der Waals surface area contributed by atoms with Crippen LogP contribution in [-0.4, -0.2) is 167 Å². The Bertz CT molecular complexity index is 2580. The Morgan fingerprint density at radius 3 is 2.22 bits per heavy atom. The fraction of sp³-hybridized carbons (Fsp3) is 0.571. The fourth-order valence-corrected chi connectivity index (χ4v) is 13.5. The molecule has 374 valence electrons. The van der Waals surface area contributed by atoms with Crippen molar-refractivity contribution in [2.45, 2.75) is 106 Å². The summed E-state index contributed by atoms with van der Waals surface area (Å²) in [5.41, 5.74) is -1.64. The van der Waals surface area contributed by atoms with Crippen molar-refractivity contribution in [2.24, 2.45) is 17.3 Å². The number of aromatic amines is 1. The number of fused-ring (bicyclic) bond motifs is 6. The minimum atomic E-state index is -2.94. The molecule has 6 N–H and O–H groups in total. The summed E-state index contributed by atoms with van der Waals surface area (Å²) in [6.07, 6.45) is -0.496. The molecule has 5 aliphatic heterocycles. The molecule has 1 aromatic heterocycles. The average Bonchev–Trinajstić information content (AvgIpc) is 3.97. The van der Waals surface area contributed by atoms with Crippen LogP contribution in [0.5, 0.6) is 5.75 Å². The quantitative estimate of drug-likeness (QED) is 0.0971. The molecule has 3 fully saturated rings. The highest BCUT2D eigenvalue weighted by Crippen LogP contribution is 2.68. The molecule has 3 aromatic rings. The van der Waals surface area contributed by atoms with Crippen molar-refractivity contribution in [2.75, 3.05) is 59.5 Å². The Labute approximate surface area is 396 Å². The molecule has 0 amide bonds. The Morgan fingerprint density at radius 2 is 1.62 bits per heavy atom. The Balaban J connectivity index is 0.000000579. The van der Waals surface area contributed by atoms with Crippen LogP contribution in [0.3, 0.4) is 0 Å². The first-order chi connectivity index (χ1) is 32.5. The maximum atomic E-state index is 15.3. The minimum Gasteiger partial charge on any atom is -0.496 e. The first kappa shape index (κ1) is 49.7. The number of piperidine rings is 1. The first-order valence-electron chi connectivity index (χ1n) is 23.0. The number of aliphatic hydroxyl groups is 3. The number of hydrogen-bond acceptors (Lipinski definition) is 15. The number of alkyl halides is 2. The van der Waals surface area contributed by atoms with Crippen LogP contribution in [0.2, 0.25) is 0 Å². The molecule has 12 atom stereocenters. The van der Waals surface area contributed by atoms with Crippen LogP contribution >= 0.6 is 0 Å². The van der Waals surface area contributed by atoms with E-state index in [1.54, 1.807) is 0 Å². The van der Waals surface area contributed by atoms with E-state index in [-0.39, 0.29) is 31.3 Å². The number of halogens is 2. The summed E-state index contributed by atoms with van der Waals surface area (Å²) in [7, 11) is 5.94. The zero-order valence-electron chi connectivity index (χ0n) is 39.5. The number of carboxylic acids is 2. The number of hydrogen-bond donors (Lipinski definition) is 6. The van der Waals surface area contributed by atoms with Crippen LogP contribution in [-0.2, 0) is 55.6 Å². The summed E-state index contributed by atoms with van der Waals surface area (Å²) >= 11 is 0. The number of nitrogens with zero attached hydrogens (tertiary/aromatic N) is 3. The standard InChI is InChI=1S/C45H54F2N4O8.C4H6O6/c1-8-42-14-11-16-51-17-15-43(36(42)51)30-19-31(34(56-5)20-33(30)49(4)37(43)45(55,40(54)58-7)38(42)59-25(2)52)44(39(53)57-6)21-26-18-27(41(3,46)47)23-50(22-26)24-29-28-12-9-10-13-32(28)48-35(29)44;5-1(3(7)8)2(6)4(9)10/h9-14,19-20,26-27,36-38,48,55H,8,15-18,21-24H2,1-7H3;1-2,5-6H,(H,7,8)(H,9,10)/t26?,27?,36-,37+,38+,42+,43+,44-,45-;/m0./s1. The van der Waals surface area contributed by atoms with Crippen LogP contribution in [0.1, 0.15) is 68.8 Å². The number of anilines is 1. The Kier molecular flexibility index (Phi) is 12.7. The number of carboxylic acid groups (broad SMARTS) is 2. The van der Waals surface area contributed by atoms with Crippen molar-refractivity contribution >= 4 is 46.4 Å². The molecule has 1 aliphatic carbocycles. The zero-order valence-corrected chi connectivity index (χ0v) is 39.5. The maximum Gasteiger partial charge on any atom is 0.344 e. The van der Waals surface area contributed by atoms with Crippen LogP contribution in [0.4, 0.5) is 14.5 Å². The maximum absolute atomic E-state index is 15.3. The molecule has 9 rings (SSSR count). The summed E-state index contributed by atoms with van der Waals surface area (Å²) in [6, 6.07) is 10.3. The third-order valence-electron chi connectivity index (χ3n) is 16.1. The van der Waals surface area contributed by atoms with Gasteiger partial charge in [0.2, 0.25) is 11.5 Å². The molecule has 1 saturated carbocycles. The molecule has 69 heavy (non-hydrogen) atoms. The molecule has 1 spiro atoms. The number of H-pyrrole nitrogens is 1. The molecule has 2 bridgehead atoms. The lowest BCUT2D eigenvalue weighted by molar-refractivity contribution is -0.228. The third kappa shape index (κ3) is 7.30. The minimum absolute atomic E-state index is 0.155. The van der Waals surface area contributed by atoms with Gasteiger partial charge in [0.05, 0.1) is 27.4 Å². The lowest BCUT2D eigenvalue weighted by Gasteiger charge is -2.63. The molecule has 20 heteroatoms. The van der Waals surface area contributed by atoms with E-state index in [1.807, 2.05) is 67.4 Å². The molecule has 0 radical (unpaired) electrons. The van der Waals surface area contributed by atoms with E-state index >= 15 is 13.6 Å². The molecule has 5 unspecified atom stereocenters. The van der Waals surface area contributed by atoms with Crippen molar-refractivity contribution < 1.29 is 77.2 Å². The second-order valence-corrected chi connectivity index (χ2v) is 19.6. The fourth-order valence-electron chi connectivity index (χ4n) is 13.5. The number of aromatic nitrogens is 1. The van der Waals surface area contributed by atoms with Crippen LogP contribution < -0.4 is 9.64 Å². The predicted octanol–water partition coefficient (Wildman–Crippen LogP) is 2.96. The topological polar surface area (TPSA) is 249 Å². The van der Waals surface area contributed by atoms with E-state index in [4.69, 9.17) is 39.4 Å². The number of aliphatic hydroxyl groups excluding tert-OH is 2. The molecular weight excluding hydrogens is 907 g/mol. The molecular formula is C49H60F2N4O14. The predicted molar refractivity (Wildman–Crippen MR) is 242 cm³/mol. The van der Waals surface area contributed by atoms with Gasteiger partial charge in [-0.15, -0.1) is 0 Å². The van der Waals surface area contributed by atoms with Gasteiger partial charge in [-0.2, -0.15) is 0 Å². The first-order valence-corrected chi connectivity index (χ1v) is 23.0. The van der Waals surface area contributed by atoms with Gasteiger partial charge in [-0.25, -0.2) is 23.2 Å². The Morgan fingerprint density at radius 1 is 0.957 bits per heavy atom.